The minimum absolute atomic E-state index is 0.0561. The van der Waals surface area contributed by atoms with Crippen molar-refractivity contribution >= 4 is 17.4 Å². The number of aliphatic hydroxyl groups excluding tert-OH is 1. The van der Waals surface area contributed by atoms with Crippen molar-refractivity contribution in [1.29, 1.82) is 0 Å². The number of furan rings is 1. The van der Waals surface area contributed by atoms with Crippen molar-refractivity contribution in [2.45, 2.75) is 19.5 Å². The van der Waals surface area contributed by atoms with Crippen molar-refractivity contribution in [2.75, 3.05) is 7.11 Å². The van der Waals surface area contributed by atoms with E-state index >= 15 is 0 Å². The average Bonchev–Trinajstić information content (AvgIpc) is 3.36. The number of hydrogen-bond donors (Lipinski definition) is 1. The van der Waals surface area contributed by atoms with Crippen LogP contribution in [-0.4, -0.2) is 28.8 Å². The number of nitrogens with zero attached hydrogens (tertiary/aromatic N) is 1. The fourth-order valence-electron chi connectivity index (χ4n) is 3.61. The maximum Gasteiger partial charge on any atom is 0.296 e. The summed E-state index contributed by atoms with van der Waals surface area (Å²) in [5.41, 5.74) is 2.25. The van der Waals surface area contributed by atoms with Crippen molar-refractivity contribution in [1.82, 2.24) is 4.90 Å². The molecule has 1 saturated heterocycles. The van der Waals surface area contributed by atoms with Crippen molar-refractivity contribution in [3.05, 3.63) is 95.0 Å². The first-order valence-electron chi connectivity index (χ1n) is 9.51. The SMILES string of the molecule is COc1ccc([C@H]2/C(=C(\O)c3ccc(C)cc3)C(=O)C(=O)N2Cc2ccco2)cc1. The second kappa shape index (κ2) is 7.91. The third-order valence-electron chi connectivity index (χ3n) is 5.20. The summed E-state index contributed by atoms with van der Waals surface area (Å²) in [5.74, 6) is -0.400. The minimum atomic E-state index is -0.748. The number of amides is 1. The zero-order chi connectivity index (χ0) is 21.3. The Morgan fingerprint density at radius 3 is 2.37 bits per heavy atom. The Labute approximate surface area is 174 Å². The molecule has 30 heavy (non-hydrogen) atoms. The zero-order valence-corrected chi connectivity index (χ0v) is 16.7. The number of Topliss-reactive ketones (excluding diaryl/α,β-unsaturated/α-hetero) is 1. The molecule has 4 rings (SSSR count). The first-order valence-corrected chi connectivity index (χ1v) is 9.51. The van der Waals surface area contributed by atoms with Gasteiger partial charge in [-0.15, -0.1) is 0 Å². The van der Waals surface area contributed by atoms with Gasteiger partial charge < -0.3 is 19.2 Å². The summed E-state index contributed by atoms with van der Waals surface area (Å²) >= 11 is 0. The molecule has 1 atom stereocenters. The highest BCUT2D eigenvalue weighted by atomic mass is 16.5. The van der Waals surface area contributed by atoms with E-state index in [0.717, 1.165) is 5.56 Å². The molecule has 6 heteroatoms. The second-order valence-electron chi connectivity index (χ2n) is 7.15. The predicted molar refractivity (Wildman–Crippen MR) is 111 cm³/mol. The molecule has 0 unspecified atom stereocenters. The van der Waals surface area contributed by atoms with E-state index in [2.05, 4.69) is 0 Å². The molecule has 1 aliphatic heterocycles. The van der Waals surface area contributed by atoms with Gasteiger partial charge in [-0.1, -0.05) is 42.0 Å². The van der Waals surface area contributed by atoms with Gasteiger partial charge in [0, 0.05) is 5.56 Å². The van der Waals surface area contributed by atoms with Crippen LogP contribution in [0.1, 0.15) is 28.5 Å². The van der Waals surface area contributed by atoms with Gasteiger partial charge in [-0.25, -0.2) is 0 Å². The van der Waals surface area contributed by atoms with Gasteiger partial charge in [-0.3, -0.25) is 9.59 Å². The molecule has 1 N–H and O–H groups in total. The number of hydrogen-bond acceptors (Lipinski definition) is 5. The van der Waals surface area contributed by atoms with E-state index in [-0.39, 0.29) is 17.9 Å². The minimum Gasteiger partial charge on any atom is -0.507 e. The van der Waals surface area contributed by atoms with Gasteiger partial charge in [0.1, 0.15) is 17.3 Å². The monoisotopic (exact) mass is 403 g/mol. The summed E-state index contributed by atoms with van der Waals surface area (Å²) in [6, 6.07) is 17.0. The number of ketones is 1. The van der Waals surface area contributed by atoms with Crippen LogP contribution >= 0.6 is 0 Å². The van der Waals surface area contributed by atoms with E-state index in [1.54, 1.807) is 55.6 Å². The number of aryl methyl sites for hydroxylation is 1. The molecule has 0 aliphatic carbocycles. The Balaban J connectivity index is 1.85. The number of carbonyl (C=O) groups excluding carboxylic acids is 2. The average molecular weight is 403 g/mol. The Bertz CT molecular complexity index is 1100. The Kier molecular flexibility index (Phi) is 5.14. The molecule has 0 radical (unpaired) electrons. The van der Waals surface area contributed by atoms with E-state index in [4.69, 9.17) is 9.15 Å². The number of ether oxygens (including phenoxy) is 1. The highest BCUT2D eigenvalue weighted by Gasteiger charge is 2.46. The zero-order valence-electron chi connectivity index (χ0n) is 16.7. The van der Waals surface area contributed by atoms with E-state index in [0.29, 0.717) is 22.6 Å². The highest BCUT2D eigenvalue weighted by Crippen LogP contribution is 2.40. The van der Waals surface area contributed by atoms with E-state index in [1.807, 2.05) is 19.1 Å². The smallest absolute Gasteiger partial charge is 0.296 e. The number of rotatable bonds is 5. The van der Waals surface area contributed by atoms with E-state index in [1.165, 1.54) is 11.2 Å². The summed E-state index contributed by atoms with van der Waals surface area (Å²) in [5, 5.41) is 11.0. The van der Waals surface area contributed by atoms with E-state index in [9.17, 15) is 14.7 Å². The molecule has 2 heterocycles. The lowest BCUT2D eigenvalue weighted by molar-refractivity contribution is -0.140. The summed E-state index contributed by atoms with van der Waals surface area (Å²) in [7, 11) is 1.56. The van der Waals surface area contributed by atoms with Crippen molar-refractivity contribution in [3.8, 4) is 5.75 Å². The Hall–Kier alpha value is -3.80. The molecule has 0 saturated carbocycles. The van der Waals surface area contributed by atoms with Gasteiger partial charge in [-0.2, -0.15) is 0 Å². The van der Waals surface area contributed by atoms with Gasteiger partial charge in [0.15, 0.2) is 0 Å². The molecule has 6 nitrogen and oxygen atoms in total. The third-order valence-corrected chi connectivity index (χ3v) is 5.20. The molecule has 3 aromatic rings. The third kappa shape index (κ3) is 3.48. The molecule has 1 amide bonds. The normalized spacial score (nSPS) is 18.1. The fraction of sp³-hybridized carbons (Fsp3) is 0.167. The van der Waals surface area contributed by atoms with Gasteiger partial charge in [0.25, 0.3) is 11.7 Å². The van der Waals surface area contributed by atoms with Crippen LogP contribution in [-0.2, 0) is 16.1 Å². The van der Waals surface area contributed by atoms with Gasteiger partial charge in [0.05, 0.1) is 31.5 Å². The first-order chi connectivity index (χ1) is 14.5. The standard InChI is InChI=1S/C24H21NO5/c1-15-5-7-17(8-6-15)22(26)20-21(16-9-11-18(29-2)12-10-16)25(24(28)23(20)27)14-19-4-3-13-30-19/h3-13,21,26H,14H2,1-2H3/b22-20+/t21-/m0/s1. The maximum atomic E-state index is 13.0. The van der Waals surface area contributed by atoms with Crippen LogP contribution in [0.2, 0.25) is 0 Å². The van der Waals surface area contributed by atoms with Gasteiger partial charge >= 0.3 is 0 Å². The number of aliphatic hydroxyl groups is 1. The van der Waals surface area contributed by atoms with Crippen LogP contribution in [0.15, 0.2) is 76.9 Å². The predicted octanol–water partition coefficient (Wildman–Crippen LogP) is 4.22. The molecule has 1 aliphatic rings. The van der Waals surface area contributed by atoms with Crippen LogP contribution < -0.4 is 4.74 Å². The van der Waals surface area contributed by atoms with Crippen molar-refractivity contribution < 1.29 is 23.8 Å². The topological polar surface area (TPSA) is 80.0 Å². The summed E-state index contributed by atoms with van der Waals surface area (Å²) in [4.78, 5) is 27.3. The van der Waals surface area contributed by atoms with Crippen molar-refractivity contribution in [3.63, 3.8) is 0 Å². The van der Waals surface area contributed by atoms with Gasteiger partial charge in [-0.05, 0) is 36.8 Å². The van der Waals surface area contributed by atoms with Crippen LogP contribution in [0.5, 0.6) is 5.75 Å². The second-order valence-corrected chi connectivity index (χ2v) is 7.15. The highest BCUT2D eigenvalue weighted by molar-refractivity contribution is 6.46. The lowest BCUT2D eigenvalue weighted by Gasteiger charge is -2.24. The molecular weight excluding hydrogens is 382 g/mol. The van der Waals surface area contributed by atoms with Crippen LogP contribution in [0.25, 0.3) is 5.76 Å². The molecule has 152 valence electrons. The first kappa shape index (κ1) is 19.5. The van der Waals surface area contributed by atoms with Crippen LogP contribution in [0, 0.1) is 6.92 Å². The number of likely N-dealkylation sites (tertiary alicyclic amines) is 1. The molecular formula is C24H21NO5. The number of benzene rings is 2. The van der Waals surface area contributed by atoms with E-state index < -0.39 is 17.7 Å². The quantitative estimate of drug-likeness (QED) is 0.392. The van der Waals surface area contributed by atoms with Crippen LogP contribution in [0.4, 0.5) is 0 Å². The fourth-order valence-corrected chi connectivity index (χ4v) is 3.61. The molecule has 1 fully saturated rings. The summed E-state index contributed by atoms with van der Waals surface area (Å²) in [6.45, 7) is 2.04. The summed E-state index contributed by atoms with van der Waals surface area (Å²) in [6.07, 6.45) is 1.51. The Morgan fingerprint density at radius 1 is 1.07 bits per heavy atom. The van der Waals surface area contributed by atoms with Crippen molar-refractivity contribution in [2.24, 2.45) is 0 Å². The summed E-state index contributed by atoms with van der Waals surface area (Å²) < 4.78 is 10.6. The number of methoxy groups -OCH3 is 1. The lowest BCUT2D eigenvalue weighted by Crippen LogP contribution is -2.29. The number of carbonyl (C=O) groups is 2. The molecule has 0 spiro atoms. The Morgan fingerprint density at radius 2 is 1.77 bits per heavy atom. The molecule has 2 aromatic carbocycles. The van der Waals surface area contributed by atoms with Gasteiger partial charge in [0.2, 0.25) is 0 Å². The van der Waals surface area contributed by atoms with Crippen LogP contribution in [0.3, 0.4) is 0 Å². The molecule has 0 bridgehead atoms. The lowest BCUT2D eigenvalue weighted by atomic mass is 9.95. The molecule has 1 aromatic heterocycles. The largest absolute Gasteiger partial charge is 0.507 e. The maximum absolute atomic E-state index is 13.0.